The van der Waals surface area contributed by atoms with Gasteiger partial charge < -0.3 is 4.74 Å². The van der Waals surface area contributed by atoms with Crippen molar-refractivity contribution >= 4 is 79.7 Å². The molecule has 0 unspecified atom stereocenters. The Kier molecular flexibility index (Phi) is 7.39. The highest BCUT2D eigenvalue weighted by molar-refractivity contribution is 14.1. The van der Waals surface area contributed by atoms with Crippen LogP contribution in [-0.2, 0) is 16.2 Å². The summed E-state index contributed by atoms with van der Waals surface area (Å²) in [5, 5.41) is 2.89. The molecule has 34 heavy (non-hydrogen) atoms. The van der Waals surface area contributed by atoms with E-state index >= 15 is 0 Å². The van der Waals surface area contributed by atoms with E-state index < -0.39 is 17.8 Å². The number of ether oxygens (including phenoxy) is 1. The molecule has 0 bridgehead atoms. The fraction of sp³-hybridized carbons (Fsp3) is 0.0800. The summed E-state index contributed by atoms with van der Waals surface area (Å²) >= 11 is 11.6. The SMILES string of the molecule is Cc1ccc(N2C(=O)NC(=O)/C(=C\c3cc(Br)c(OCc4ccc(Cl)cc4)c(I)c3)C2=O)cc1. The third kappa shape index (κ3) is 5.34. The number of imide groups is 2. The zero-order valence-corrected chi connectivity index (χ0v) is 22.3. The first kappa shape index (κ1) is 24.4. The number of anilines is 1. The van der Waals surface area contributed by atoms with Crippen molar-refractivity contribution in [3.05, 3.63) is 96.0 Å². The molecule has 4 rings (SSSR count). The number of nitrogens with one attached hydrogen (secondary N) is 1. The molecule has 1 fully saturated rings. The van der Waals surface area contributed by atoms with Crippen molar-refractivity contribution < 1.29 is 19.1 Å². The lowest BCUT2D eigenvalue weighted by Crippen LogP contribution is -2.54. The highest BCUT2D eigenvalue weighted by Gasteiger charge is 2.36. The Hall–Kier alpha value is -2.69. The maximum atomic E-state index is 13.1. The van der Waals surface area contributed by atoms with Crippen LogP contribution in [0, 0.1) is 10.5 Å². The summed E-state index contributed by atoms with van der Waals surface area (Å²) in [5.41, 5.74) is 2.79. The van der Waals surface area contributed by atoms with Crippen LogP contribution >= 0.6 is 50.1 Å². The second-order valence-electron chi connectivity index (χ2n) is 7.52. The second kappa shape index (κ2) is 10.3. The summed E-state index contributed by atoms with van der Waals surface area (Å²) in [6.45, 7) is 2.25. The van der Waals surface area contributed by atoms with Crippen LogP contribution in [0.25, 0.3) is 6.08 Å². The zero-order chi connectivity index (χ0) is 24.4. The van der Waals surface area contributed by atoms with Gasteiger partial charge in [-0.3, -0.25) is 14.9 Å². The molecule has 0 atom stereocenters. The maximum absolute atomic E-state index is 13.1. The van der Waals surface area contributed by atoms with Gasteiger partial charge in [0.25, 0.3) is 11.8 Å². The average Bonchev–Trinajstić information content (AvgIpc) is 2.78. The van der Waals surface area contributed by atoms with Crippen LogP contribution in [0.3, 0.4) is 0 Å². The molecule has 0 radical (unpaired) electrons. The van der Waals surface area contributed by atoms with Crippen molar-refractivity contribution in [3.8, 4) is 5.75 Å². The first-order valence-electron chi connectivity index (χ1n) is 10.1. The first-order chi connectivity index (χ1) is 16.2. The van der Waals surface area contributed by atoms with E-state index in [-0.39, 0.29) is 5.57 Å². The van der Waals surface area contributed by atoms with E-state index in [1.54, 1.807) is 48.5 Å². The summed E-state index contributed by atoms with van der Waals surface area (Å²) in [4.78, 5) is 38.9. The van der Waals surface area contributed by atoms with Gasteiger partial charge in [0.05, 0.1) is 13.7 Å². The monoisotopic (exact) mass is 650 g/mol. The number of hydrogen-bond donors (Lipinski definition) is 1. The second-order valence-corrected chi connectivity index (χ2v) is 9.98. The third-order valence-corrected chi connectivity index (χ3v) is 6.66. The molecule has 9 heteroatoms. The van der Waals surface area contributed by atoms with Crippen molar-refractivity contribution in [3.63, 3.8) is 0 Å². The van der Waals surface area contributed by atoms with E-state index in [0.29, 0.717) is 33.1 Å². The molecule has 0 saturated carbocycles. The van der Waals surface area contributed by atoms with Gasteiger partial charge in [-0.25, -0.2) is 9.69 Å². The number of urea groups is 1. The number of nitrogens with zero attached hydrogens (tertiary/aromatic N) is 1. The van der Waals surface area contributed by atoms with Gasteiger partial charge in [-0.1, -0.05) is 41.4 Å². The van der Waals surface area contributed by atoms with Crippen molar-refractivity contribution in [2.24, 2.45) is 0 Å². The van der Waals surface area contributed by atoms with Crippen LogP contribution in [0.1, 0.15) is 16.7 Å². The largest absolute Gasteiger partial charge is 0.487 e. The predicted molar refractivity (Wildman–Crippen MR) is 143 cm³/mol. The Morgan fingerprint density at radius 3 is 2.38 bits per heavy atom. The average molecular weight is 652 g/mol. The number of carbonyl (C=O) groups is 3. The number of benzene rings is 3. The van der Waals surface area contributed by atoms with Crippen LogP contribution in [-0.4, -0.2) is 17.8 Å². The van der Waals surface area contributed by atoms with Crippen molar-refractivity contribution in [1.82, 2.24) is 5.32 Å². The Morgan fingerprint density at radius 2 is 1.74 bits per heavy atom. The third-order valence-electron chi connectivity index (χ3n) is 5.02. The summed E-state index contributed by atoms with van der Waals surface area (Å²) < 4.78 is 7.40. The summed E-state index contributed by atoms with van der Waals surface area (Å²) in [7, 11) is 0. The predicted octanol–water partition coefficient (Wildman–Crippen LogP) is 6.26. The van der Waals surface area contributed by atoms with E-state index in [2.05, 4.69) is 43.8 Å². The standard InChI is InChI=1S/C25H17BrClIN2O4/c1-14-2-8-18(9-3-14)30-24(32)19(23(31)29-25(30)33)10-16-11-20(26)22(21(28)12-16)34-13-15-4-6-17(27)7-5-15/h2-12H,13H2,1H3,(H,29,31,33)/b19-10+. The fourth-order valence-corrected chi connectivity index (χ4v) is 5.18. The van der Waals surface area contributed by atoms with Gasteiger partial charge in [-0.2, -0.15) is 0 Å². The van der Waals surface area contributed by atoms with Crippen LogP contribution < -0.4 is 15.0 Å². The van der Waals surface area contributed by atoms with Crippen molar-refractivity contribution in [2.45, 2.75) is 13.5 Å². The first-order valence-corrected chi connectivity index (χ1v) is 12.3. The Bertz CT molecular complexity index is 1300. The molecule has 1 saturated heterocycles. The minimum atomic E-state index is -0.780. The lowest BCUT2D eigenvalue weighted by Gasteiger charge is -2.26. The minimum Gasteiger partial charge on any atom is -0.487 e. The van der Waals surface area contributed by atoms with Gasteiger partial charge in [0, 0.05) is 5.02 Å². The molecule has 3 aromatic rings. The molecular formula is C25H17BrClIN2O4. The number of aryl methyl sites for hydroxylation is 1. The highest BCUT2D eigenvalue weighted by atomic mass is 127. The molecule has 0 aliphatic carbocycles. The molecule has 172 valence electrons. The lowest BCUT2D eigenvalue weighted by atomic mass is 10.1. The Morgan fingerprint density at radius 1 is 1.06 bits per heavy atom. The van der Waals surface area contributed by atoms with Gasteiger partial charge in [0.15, 0.2) is 0 Å². The van der Waals surface area contributed by atoms with E-state index in [9.17, 15) is 14.4 Å². The fourth-order valence-electron chi connectivity index (χ4n) is 3.29. The Labute approximate surface area is 223 Å². The van der Waals surface area contributed by atoms with Gasteiger partial charge in [0.1, 0.15) is 17.9 Å². The normalized spacial score (nSPS) is 15.0. The van der Waals surface area contributed by atoms with E-state index in [1.807, 2.05) is 19.1 Å². The molecule has 4 amide bonds. The summed E-state index contributed by atoms with van der Waals surface area (Å²) in [5.74, 6) is -0.798. The number of barbiturate groups is 1. The molecule has 0 aromatic heterocycles. The molecule has 1 N–H and O–H groups in total. The van der Waals surface area contributed by atoms with Gasteiger partial charge in [-0.05, 0) is 99.0 Å². The summed E-state index contributed by atoms with van der Waals surface area (Å²) in [6.07, 6.45) is 1.46. The molecular weight excluding hydrogens is 635 g/mol. The van der Waals surface area contributed by atoms with Crippen LogP contribution in [0.5, 0.6) is 5.75 Å². The Balaban J connectivity index is 1.60. The number of carbonyl (C=O) groups excluding carboxylic acids is 3. The number of amides is 4. The molecule has 1 heterocycles. The number of hydrogen-bond acceptors (Lipinski definition) is 4. The summed E-state index contributed by atoms with van der Waals surface area (Å²) in [6, 6.07) is 17.0. The maximum Gasteiger partial charge on any atom is 0.335 e. The molecule has 6 nitrogen and oxygen atoms in total. The zero-order valence-electron chi connectivity index (χ0n) is 17.8. The van der Waals surface area contributed by atoms with Crippen LogP contribution in [0.4, 0.5) is 10.5 Å². The number of halogens is 3. The molecule has 3 aromatic carbocycles. The minimum absolute atomic E-state index is 0.141. The number of rotatable bonds is 5. The molecule has 1 aliphatic rings. The van der Waals surface area contributed by atoms with E-state index in [1.165, 1.54) is 6.08 Å². The van der Waals surface area contributed by atoms with Gasteiger partial charge in [-0.15, -0.1) is 0 Å². The topological polar surface area (TPSA) is 75.7 Å². The highest BCUT2D eigenvalue weighted by Crippen LogP contribution is 2.34. The smallest absolute Gasteiger partial charge is 0.335 e. The van der Waals surface area contributed by atoms with Crippen molar-refractivity contribution in [1.29, 1.82) is 0 Å². The van der Waals surface area contributed by atoms with E-state index in [4.69, 9.17) is 16.3 Å². The quantitative estimate of drug-likeness (QED) is 0.201. The molecule has 0 spiro atoms. The van der Waals surface area contributed by atoms with Crippen molar-refractivity contribution in [2.75, 3.05) is 4.90 Å². The lowest BCUT2D eigenvalue weighted by molar-refractivity contribution is -0.122. The van der Waals surface area contributed by atoms with Gasteiger partial charge >= 0.3 is 6.03 Å². The van der Waals surface area contributed by atoms with Crippen LogP contribution in [0.2, 0.25) is 5.02 Å². The van der Waals surface area contributed by atoms with Gasteiger partial charge in [0.2, 0.25) is 0 Å². The molecule has 1 aliphatic heterocycles. The van der Waals surface area contributed by atoms with E-state index in [0.717, 1.165) is 19.6 Å². The van der Waals surface area contributed by atoms with Crippen LogP contribution in [0.15, 0.2) is 70.7 Å².